The number of hydrogen-bond acceptors (Lipinski definition) is 2. The van der Waals surface area contributed by atoms with Crippen LogP contribution in [0.2, 0.25) is 0 Å². The van der Waals surface area contributed by atoms with Crippen LogP contribution in [0.15, 0.2) is 0 Å². The summed E-state index contributed by atoms with van der Waals surface area (Å²) in [5.41, 5.74) is 1.16. The fourth-order valence-electron chi connectivity index (χ4n) is 9.61. The van der Waals surface area contributed by atoms with Gasteiger partial charge in [0.25, 0.3) is 0 Å². The molecule has 2 nitrogen and oxygen atoms in total. The van der Waals surface area contributed by atoms with Crippen LogP contribution in [0.25, 0.3) is 0 Å². The summed E-state index contributed by atoms with van der Waals surface area (Å²) in [4.78, 5) is 0. The molecule has 9 atom stereocenters. The molecule has 0 radical (unpaired) electrons. The zero-order valence-electron chi connectivity index (χ0n) is 23.4. The van der Waals surface area contributed by atoms with Crippen molar-refractivity contribution in [3.63, 3.8) is 0 Å². The number of fused-ring (bicyclic) bond motifs is 5. The standard InChI is InChI=1S/C29H52O2.C2H6.H2/c1-20(2)7-6-8-21(3)25-11-12-26-24-10-9-22-19-23(31-18-17-30)13-15-28(22,4)27(24)14-16-29(25,26)5;1-2;/h20-27,30H,6-19H2,1-5H3;1-2H3;1H. The summed E-state index contributed by atoms with van der Waals surface area (Å²) in [6, 6.07) is 0. The maximum Gasteiger partial charge on any atom is 0.0701 e. The van der Waals surface area contributed by atoms with Gasteiger partial charge in [0.2, 0.25) is 0 Å². The van der Waals surface area contributed by atoms with Crippen molar-refractivity contribution in [2.24, 2.45) is 52.3 Å². The predicted octanol–water partition coefficient (Wildman–Crippen LogP) is 8.76. The zero-order chi connectivity index (χ0) is 24.2. The molecule has 4 rings (SSSR count). The van der Waals surface area contributed by atoms with Crippen LogP contribution in [0.1, 0.15) is 127 Å². The predicted molar refractivity (Wildman–Crippen MR) is 143 cm³/mol. The number of aliphatic hydroxyl groups excluding tert-OH is 1. The third-order valence-corrected chi connectivity index (χ3v) is 11.3. The highest BCUT2D eigenvalue weighted by molar-refractivity contribution is 5.09. The highest BCUT2D eigenvalue weighted by atomic mass is 16.5. The first-order valence-electron chi connectivity index (χ1n) is 15.0. The molecular formula is C31H60O2. The van der Waals surface area contributed by atoms with Gasteiger partial charge in [-0.2, -0.15) is 0 Å². The van der Waals surface area contributed by atoms with Crippen molar-refractivity contribution < 1.29 is 11.3 Å². The van der Waals surface area contributed by atoms with Gasteiger partial charge < -0.3 is 9.84 Å². The zero-order valence-corrected chi connectivity index (χ0v) is 23.4. The summed E-state index contributed by atoms with van der Waals surface area (Å²) >= 11 is 0. The summed E-state index contributed by atoms with van der Waals surface area (Å²) in [7, 11) is 0. The molecule has 196 valence electrons. The molecule has 0 saturated heterocycles. The van der Waals surface area contributed by atoms with E-state index < -0.39 is 0 Å². The molecule has 2 heteroatoms. The minimum Gasteiger partial charge on any atom is -0.394 e. The average Bonchev–Trinajstić information content (AvgIpc) is 3.16. The third-order valence-electron chi connectivity index (χ3n) is 11.3. The lowest BCUT2D eigenvalue weighted by Gasteiger charge is -2.61. The SMILES string of the molecule is CC.CC(C)CCCC(C)C1CCC2C3CCC4CC(OCCO)CCC4(C)C3CCC12C.[HH]. The van der Waals surface area contributed by atoms with E-state index in [0.29, 0.717) is 23.5 Å². The first kappa shape index (κ1) is 27.5. The first-order chi connectivity index (χ1) is 15.8. The van der Waals surface area contributed by atoms with Gasteiger partial charge in [0.05, 0.1) is 19.3 Å². The van der Waals surface area contributed by atoms with Crippen molar-refractivity contribution >= 4 is 0 Å². The van der Waals surface area contributed by atoms with Crippen molar-refractivity contribution in [3.8, 4) is 0 Å². The molecule has 9 unspecified atom stereocenters. The summed E-state index contributed by atoms with van der Waals surface area (Å²) in [5.74, 6) is 6.53. The van der Waals surface area contributed by atoms with E-state index >= 15 is 0 Å². The molecule has 4 fully saturated rings. The Morgan fingerprint density at radius 1 is 0.879 bits per heavy atom. The molecule has 0 aromatic heterocycles. The molecule has 0 aromatic carbocycles. The van der Waals surface area contributed by atoms with E-state index in [1.54, 1.807) is 0 Å². The third kappa shape index (κ3) is 5.52. The molecule has 4 aliphatic rings. The van der Waals surface area contributed by atoms with E-state index in [0.717, 1.165) is 41.4 Å². The molecular weight excluding hydrogens is 404 g/mol. The van der Waals surface area contributed by atoms with Crippen molar-refractivity contribution in [1.29, 1.82) is 0 Å². The van der Waals surface area contributed by atoms with Crippen LogP contribution < -0.4 is 0 Å². The van der Waals surface area contributed by atoms with E-state index in [1.807, 2.05) is 13.8 Å². The number of rotatable bonds is 8. The number of ether oxygens (including phenoxy) is 1. The van der Waals surface area contributed by atoms with Gasteiger partial charge in [-0.25, -0.2) is 0 Å². The highest BCUT2D eigenvalue weighted by Gasteiger charge is 2.60. The smallest absolute Gasteiger partial charge is 0.0701 e. The fourth-order valence-corrected chi connectivity index (χ4v) is 9.61. The molecule has 0 aliphatic heterocycles. The van der Waals surface area contributed by atoms with Crippen LogP contribution >= 0.6 is 0 Å². The second-order valence-electron chi connectivity index (χ2n) is 13.2. The van der Waals surface area contributed by atoms with E-state index in [4.69, 9.17) is 9.84 Å². The minimum absolute atomic E-state index is 0. The Morgan fingerprint density at radius 3 is 2.27 bits per heavy atom. The molecule has 4 saturated carbocycles. The van der Waals surface area contributed by atoms with Crippen LogP contribution in [0.4, 0.5) is 0 Å². The molecule has 0 bridgehead atoms. The lowest BCUT2D eigenvalue weighted by atomic mass is 9.44. The van der Waals surface area contributed by atoms with Crippen LogP contribution in [0.5, 0.6) is 0 Å². The fraction of sp³-hybridized carbons (Fsp3) is 1.00. The lowest BCUT2D eigenvalue weighted by molar-refractivity contribution is -0.138. The Hall–Kier alpha value is -0.0800. The van der Waals surface area contributed by atoms with Crippen LogP contribution in [0.3, 0.4) is 0 Å². The van der Waals surface area contributed by atoms with E-state index in [9.17, 15) is 0 Å². The van der Waals surface area contributed by atoms with Gasteiger partial charge in [0, 0.05) is 1.43 Å². The maximum absolute atomic E-state index is 9.15. The van der Waals surface area contributed by atoms with Gasteiger partial charge in [-0.1, -0.05) is 67.7 Å². The molecule has 0 aromatic rings. The van der Waals surface area contributed by atoms with Crippen molar-refractivity contribution in [2.75, 3.05) is 13.2 Å². The highest BCUT2D eigenvalue weighted by Crippen LogP contribution is 2.68. The van der Waals surface area contributed by atoms with Gasteiger partial charge in [-0.05, 0) is 110 Å². The Bertz CT molecular complexity index is 594. The Labute approximate surface area is 208 Å². The maximum atomic E-state index is 9.15. The second-order valence-corrected chi connectivity index (χ2v) is 13.2. The van der Waals surface area contributed by atoms with Crippen molar-refractivity contribution in [2.45, 2.75) is 132 Å². The topological polar surface area (TPSA) is 29.5 Å². The quantitative estimate of drug-likeness (QED) is 0.389. The Balaban J connectivity index is 0.00000133. The molecule has 0 heterocycles. The van der Waals surface area contributed by atoms with Crippen LogP contribution in [-0.4, -0.2) is 24.4 Å². The molecule has 4 aliphatic carbocycles. The second kappa shape index (κ2) is 11.8. The van der Waals surface area contributed by atoms with Gasteiger partial charge in [0.1, 0.15) is 0 Å². The lowest BCUT2D eigenvalue weighted by Crippen LogP contribution is -2.54. The first-order valence-corrected chi connectivity index (χ1v) is 15.0. The van der Waals surface area contributed by atoms with Gasteiger partial charge in [0.15, 0.2) is 0 Å². The molecule has 33 heavy (non-hydrogen) atoms. The van der Waals surface area contributed by atoms with Crippen molar-refractivity contribution in [1.82, 2.24) is 0 Å². The molecule has 0 amide bonds. The summed E-state index contributed by atoms with van der Waals surface area (Å²) < 4.78 is 5.98. The van der Waals surface area contributed by atoms with Gasteiger partial charge >= 0.3 is 0 Å². The normalized spacial score (nSPS) is 43.2. The van der Waals surface area contributed by atoms with Gasteiger partial charge in [-0.15, -0.1) is 0 Å². The number of hydrogen-bond donors (Lipinski definition) is 1. The van der Waals surface area contributed by atoms with E-state index in [2.05, 4.69) is 34.6 Å². The Morgan fingerprint density at radius 2 is 1.58 bits per heavy atom. The van der Waals surface area contributed by atoms with E-state index in [-0.39, 0.29) is 8.03 Å². The number of aliphatic hydroxyl groups is 1. The van der Waals surface area contributed by atoms with Crippen LogP contribution in [-0.2, 0) is 4.74 Å². The Kier molecular flexibility index (Phi) is 9.81. The van der Waals surface area contributed by atoms with Gasteiger partial charge in [-0.3, -0.25) is 0 Å². The van der Waals surface area contributed by atoms with E-state index in [1.165, 1.54) is 77.0 Å². The molecule has 1 N–H and O–H groups in total. The monoisotopic (exact) mass is 464 g/mol. The van der Waals surface area contributed by atoms with Crippen LogP contribution in [0, 0.1) is 52.3 Å². The summed E-state index contributed by atoms with van der Waals surface area (Å²) in [6.07, 6.45) is 17.4. The molecule has 0 spiro atoms. The van der Waals surface area contributed by atoms with Crippen molar-refractivity contribution in [3.05, 3.63) is 0 Å². The summed E-state index contributed by atoms with van der Waals surface area (Å²) in [6.45, 7) is 17.4. The average molecular weight is 465 g/mol. The largest absolute Gasteiger partial charge is 0.394 e. The minimum atomic E-state index is 0. The summed E-state index contributed by atoms with van der Waals surface area (Å²) in [5, 5.41) is 9.15.